The first-order valence-electron chi connectivity index (χ1n) is 7.02. The van der Waals surface area contributed by atoms with Crippen LogP contribution < -0.4 is 0 Å². The van der Waals surface area contributed by atoms with Gasteiger partial charge in [0.15, 0.2) is 0 Å². The van der Waals surface area contributed by atoms with Crippen LogP contribution in [0.1, 0.15) is 41.6 Å². The normalized spacial score (nSPS) is 11.2. The Hall–Kier alpha value is -2.27. The van der Waals surface area contributed by atoms with E-state index < -0.39 is 17.5 Å². The molecular weight excluding hydrogens is 318 g/mol. The van der Waals surface area contributed by atoms with Gasteiger partial charge in [0.2, 0.25) is 0 Å². The molecule has 0 amide bonds. The SMILES string of the molecule is COC(=O)c1cc(C(=O)OC(C)(C)C)c(-c2ccc(Cl)cc2)[nH]1. The van der Waals surface area contributed by atoms with Crippen LogP contribution in [-0.2, 0) is 9.47 Å². The van der Waals surface area contributed by atoms with Gasteiger partial charge in [-0.1, -0.05) is 23.7 Å². The monoisotopic (exact) mass is 335 g/mol. The summed E-state index contributed by atoms with van der Waals surface area (Å²) in [5.74, 6) is -1.08. The van der Waals surface area contributed by atoms with Gasteiger partial charge < -0.3 is 14.5 Å². The van der Waals surface area contributed by atoms with Crippen molar-refractivity contribution in [3.63, 3.8) is 0 Å². The summed E-state index contributed by atoms with van der Waals surface area (Å²) in [6.07, 6.45) is 0. The predicted molar refractivity (Wildman–Crippen MR) is 87.7 cm³/mol. The van der Waals surface area contributed by atoms with E-state index in [4.69, 9.17) is 21.1 Å². The van der Waals surface area contributed by atoms with Crippen LogP contribution in [0.3, 0.4) is 0 Å². The molecule has 0 aliphatic heterocycles. The van der Waals surface area contributed by atoms with Crippen LogP contribution in [0.2, 0.25) is 5.02 Å². The molecule has 0 bridgehead atoms. The number of nitrogens with one attached hydrogen (secondary N) is 1. The number of rotatable bonds is 3. The fourth-order valence-corrected chi connectivity index (χ4v) is 2.14. The quantitative estimate of drug-likeness (QED) is 0.858. The highest BCUT2D eigenvalue weighted by atomic mass is 35.5. The maximum absolute atomic E-state index is 12.4. The van der Waals surface area contributed by atoms with E-state index in [1.54, 1.807) is 45.0 Å². The van der Waals surface area contributed by atoms with Gasteiger partial charge in [0.25, 0.3) is 0 Å². The molecule has 6 heteroatoms. The number of benzene rings is 1. The van der Waals surface area contributed by atoms with Crippen molar-refractivity contribution in [3.8, 4) is 11.3 Å². The molecule has 0 atom stereocenters. The first kappa shape index (κ1) is 17.1. The number of H-pyrrole nitrogens is 1. The Bertz CT molecular complexity index is 726. The molecular formula is C17H18ClNO4. The Labute approximate surface area is 139 Å². The molecule has 0 saturated heterocycles. The van der Waals surface area contributed by atoms with Crippen LogP contribution >= 0.6 is 11.6 Å². The van der Waals surface area contributed by atoms with E-state index in [1.807, 2.05) is 0 Å². The van der Waals surface area contributed by atoms with Crippen LogP contribution in [0.25, 0.3) is 11.3 Å². The largest absolute Gasteiger partial charge is 0.464 e. The minimum atomic E-state index is -0.642. The number of aromatic nitrogens is 1. The third kappa shape index (κ3) is 4.13. The summed E-state index contributed by atoms with van der Waals surface area (Å²) in [5.41, 5.74) is 1.000. The number of ether oxygens (including phenoxy) is 2. The molecule has 0 aliphatic carbocycles. The second-order valence-corrected chi connectivity index (χ2v) is 6.41. The van der Waals surface area contributed by atoms with Crippen LogP contribution in [-0.4, -0.2) is 29.6 Å². The first-order valence-corrected chi connectivity index (χ1v) is 7.39. The Morgan fingerprint density at radius 3 is 2.22 bits per heavy atom. The van der Waals surface area contributed by atoms with Gasteiger partial charge in [-0.25, -0.2) is 9.59 Å². The number of hydrogen-bond acceptors (Lipinski definition) is 4. The lowest BCUT2D eigenvalue weighted by molar-refractivity contribution is 0.00707. The summed E-state index contributed by atoms with van der Waals surface area (Å²) in [4.78, 5) is 27.1. The zero-order valence-electron chi connectivity index (χ0n) is 13.4. The molecule has 1 heterocycles. The van der Waals surface area contributed by atoms with E-state index in [0.29, 0.717) is 16.3 Å². The van der Waals surface area contributed by atoms with Crippen molar-refractivity contribution in [2.75, 3.05) is 7.11 Å². The first-order chi connectivity index (χ1) is 10.7. The summed E-state index contributed by atoms with van der Waals surface area (Å²) in [6.45, 7) is 5.34. The van der Waals surface area contributed by atoms with E-state index in [0.717, 1.165) is 0 Å². The van der Waals surface area contributed by atoms with Crippen molar-refractivity contribution in [1.82, 2.24) is 4.98 Å². The van der Waals surface area contributed by atoms with Crippen molar-refractivity contribution < 1.29 is 19.1 Å². The topological polar surface area (TPSA) is 68.4 Å². The molecule has 0 aliphatic rings. The van der Waals surface area contributed by atoms with Gasteiger partial charge in [0.1, 0.15) is 11.3 Å². The fourth-order valence-electron chi connectivity index (χ4n) is 2.01. The Morgan fingerprint density at radius 2 is 1.70 bits per heavy atom. The van der Waals surface area contributed by atoms with Crippen molar-refractivity contribution in [2.24, 2.45) is 0 Å². The van der Waals surface area contributed by atoms with E-state index >= 15 is 0 Å². The minimum Gasteiger partial charge on any atom is -0.464 e. The molecule has 1 aromatic heterocycles. The highest BCUT2D eigenvalue weighted by molar-refractivity contribution is 6.30. The lowest BCUT2D eigenvalue weighted by atomic mass is 10.1. The summed E-state index contributed by atoms with van der Waals surface area (Å²) >= 11 is 5.89. The lowest BCUT2D eigenvalue weighted by Gasteiger charge is -2.19. The Balaban J connectivity index is 2.50. The van der Waals surface area contributed by atoms with Crippen molar-refractivity contribution in [1.29, 1.82) is 0 Å². The van der Waals surface area contributed by atoms with E-state index in [1.165, 1.54) is 13.2 Å². The maximum atomic E-state index is 12.4. The van der Waals surface area contributed by atoms with Crippen molar-refractivity contribution >= 4 is 23.5 Å². The number of carbonyl (C=O) groups excluding carboxylic acids is 2. The predicted octanol–water partition coefficient (Wildman–Crippen LogP) is 4.08. The molecule has 0 radical (unpaired) electrons. The molecule has 1 N–H and O–H groups in total. The molecule has 1 aromatic carbocycles. The molecule has 0 unspecified atom stereocenters. The van der Waals surface area contributed by atoms with Crippen LogP contribution in [0.5, 0.6) is 0 Å². The van der Waals surface area contributed by atoms with Crippen LogP contribution in [0, 0.1) is 0 Å². The Morgan fingerprint density at radius 1 is 1.09 bits per heavy atom. The molecule has 23 heavy (non-hydrogen) atoms. The molecule has 122 valence electrons. The third-order valence-electron chi connectivity index (χ3n) is 2.97. The molecule has 2 aromatic rings. The number of aromatic amines is 1. The third-order valence-corrected chi connectivity index (χ3v) is 3.23. The molecule has 2 rings (SSSR count). The zero-order chi connectivity index (χ0) is 17.2. The smallest absolute Gasteiger partial charge is 0.354 e. The maximum Gasteiger partial charge on any atom is 0.354 e. The highest BCUT2D eigenvalue weighted by Crippen LogP contribution is 2.27. The lowest BCUT2D eigenvalue weighted by Crippen LogP contribution is -2.24. The van der Waals surface area contributed by atoms with Gasteiger partial charge in [0, 0.05) is 5.02 Å². The van der Waals surface area contributed by atoms with E-state index in [9.17, 15) is 9.59 Å². The number of esters is 2. The molecule has 0 fully saturated rings. The van der Waals surface area contributed by atoms with Gasteiger partial charge in [0.05, 0.1) is 18.4 Å². The molecule has 0 saturated carbocycles. The van der Waals surface area contributed by atoms with Gasteiger partial charge >= 0.3 is 11.9 Å². The summed E-state index contributed by atoms with van der Waals surface area (Å²) in [6, 6.07) is 8.35. The summed E-state index contributed by atoms with van der Waals surface area (Å²) in [5, 5.41) is 0.576. The van der Waals surface area contributed by atoms with Crippen molar-refractivity contribution in [2.45, 2.75) is 26.4 Å². The molecule has 0 spiro atoms. The number of methoxy groups -OCH3 is 1. The zero-order valence-corrected chi connectivity index (χ0v) is 14.2. The second-order valence-electron chi connectivity index (χ2n) is 5.97. The summed E-state index contributed by atoms with van der Waals surface area (Å²) < 4.78 is 10.1. The van der Waals surface area contributed by atoms with Crippen LogP contribution in [0.15, 0.2) is 30.3 Å². The van der Waals surface area contributed by atoms with Crippen molar-refractivity contribution in [3.05, 3.63) is 46.6 Å². The van der Waals surface area contributed by atoms with Crippen LogP contribution in [0.4, 0.5) is 0 Å². The van der Waals surface area contributed by atoms with Gasteiger partial charge in [-0.05, 0) is 44.5 Å². The van der Waals surface area contributed by atoms with Gasteiger partial charge in [-0.2, -0.15) is 0 Å². The number of halogens is 1. The van der Waals surface area contributed by atoms with E-state index in [-0.39, 0.29) is 11.3 Å². The Kier molecular flexibility index (Phi) is 4.80. The van der Waals surface area contributed by atoms with Gasteiger partial charge in [-0.15, -0.1) is 0 Å². The number of carbonyl (C=O) groups is 2. The van der Waals surface area contributed by atoms with E-state index in [2.05, 4.69) is 4.98 Å². The average molecular weight is 336 g/mol. The highest BCUT2D eigenvalue weighted by Gasteiger charge is 2.25. The molecule has 5 nitrogen and oxygen atoms in total. The summed E-state index contributed by atoms with van der Waals surface area (Å²) in [7, 11) is 1.28. The number of hydrogen-bond donors (Lipinski definition) is 1. The fraction of sp³-hybridized carbons (Fsp3) is 0.294. The second kappa shape index (κ2) is 6.46. The standard InChI is InChI=1S/C17H18ClNO4/c1-17(2,3)23-15(20)12-9-13(16(21)22-4)19-14(12)10-5-7-11(18)8-6-10/h5-9,19H,1-4H3. The van der Waals surface area contributed by atoms with Gasteiger partial charge in [-0.3, -0.25) is 0 Å². The average Bonchev–Trinajstić information content (AvgIpc) is 2.90. The minimum absolute atomic E-state index is 0.179.